The van der Waals surface area contributed by atoms with E-state index in [1.54, 1.807) is 60.7 Å². The molecule has 0 amide bonds. The van der Waals surface area contributed by atoms with Crippen molar-refractivity contribution in [1.82, 2.24) is 0 Å². The summed E-state index contributed by atoms with van der Waals surface area (Å²) in [6, 6.07) is 17.1. The summed E-state index contributed by atoms with van der Waals surface area (Å²) in [7, 11) is 0. The molecule has 0 saturated heterocycles. The second-order valence-electron chi connectivity index (χ2n) is 10.5. The van der Waals surface area contributed by atoms with Crippen molar-refractivity contribution >= 4 is 136 Å². The average molecular weight is 1460 g/mol. The number of hydrogen-bond donors (Lipinski definition) is 4. The van der Waals surface area contributed by atoms with Gasteiger partial charge in [-0.15, -0.1) is 0 Å². The molecule has 4 aromatic rings. The molecular formula is C38H46I6O12. The maximum absolute atomic E-state index is 9.46. The predicted molar refractivity (Wildman–Crippen MR) is 266 cm³/mol. The summed E-state index contributed by atoms with van der Waals surface area (Å²) in [5.74, 6) is 3.96. The van der Waals surface area contributed by atoms with E-state index >= 15 is 0 Å². The molecule has 0 radical (unpaired) electrons. The fourth-order valence-electron chi connectivity index (χ4n) is 3.66. The van der Waals surface area contributed by atoms with Crippen LogP contribution in [0.2, 0.25) is 0 Å². The molecule has 0 aliphatic heterocycles. The number of aromatic hydroxyl groups is 4. The fourth-order valence-corrected chi connectivity index (χ4v) is 6.70. The summed E-state index contributed by atoms with van der Waals surface area (Å²) in [4.78, 5) is 0. The molecule has 0 aromatic heterocycles. The molecule has 0 fully saturated rings. The minimum atomic E-state index is -0.274. The third-order valence-electron chi connectivity index (χ3n) is 6.25. The van der Waals surface area contributed by atoms with E-state index in [-0.39, 0.29) is 49.2 Å². The summed E-state index contributed by atoms with van der Waals surface area (Å²) in [5.41, 5.74) is 0. The van der Waals surface area contributed by atoms with Crippen LogP contribution in [0, 0.1) is 21.4 Å². The van der Waals surface area contributed by atoms with Crippen LogP contribution in [0.5, 0.6) is 46.0 Å². The van der Waals surface area contributed by atoms with E-state index in [0.717, 1.165) is 32.9 Å². The average Bonchev–Trinajstić information content (AvgIpc) is 3.14. The Labute approximate surface area is 410 Å². The van der Waals surface area contributed by atoms with Crippen molar-refractivity contribution in [2.75, 3.05) is 40.0 Å². The zero-order valence-corrected chi connectivity index (χ0v) is 44.4. The lowest BCUT2D eigenvalue weighted by Crippen LogP contribution is -2.16. The molecule has 18 heteroatoms. The van der Waals surface area contributed by atoms with E-state index in [2.05, 4.69) is 90.4 Å². The lowest BCUT2D eigenvalue weighted by atomic mass is 10.3. The number of hydrogen-bond acceptors (Lipinski definition) is 12. The molecule has 12 nitrogen and oxygen atoms in total. The van der Waals surface area contributed by atoms with E-state index in [4.69, 9.17) is 37.9 Å². The van der Waals surface area contributed by atoms with Gasteiger partial charge in [-0.05, 0) is 238 Å². The molecule has 4 rings (SSSR count). The van der Waals surface area contributed by atoms with Crippen molar-refractivity contribution in [3.05, 3.63) is 82.1 Å². The summed E-state index contributed by atoms with van der Waals surface area (Å²) < 4.78 is 47.1. The molecule has 4 N–H and O–H groups in total. The minimum Gasteiger partial charge on any atom is -0.507 e. The molecule has 0 aliphatic rings. The molecule has 2 atom stereocenters. The fraction of sp³-hybridized carbons (Fsp3) is 0.368. The standard InChI is InChI=1S/C10H12I2O3.C10H13IO3.C9H10I2O3.C9H11IO3/c1-3-14-6(2)15-10-5-7(11)9(13)4-8(10)12;1-3-13-7(2)14-8-4-5-10(12)9(11)6-8;1-2-13-5-14-9-4-6(10)8(12)3-7(9)11;1-2-12-6-13-7-3-4-9(11)8(10)5-7/h4-6,13H,3H2,1-2H3;4-7,12H,3H2,1-2H3;3-4,12H,2,5H2,1H3;3-5,11H,2,6H2,1H3. The first kappa shape index (κ1) is 53.5. The number of benzene rings is 4. The molecular weight excluding hydrogens is 1410 g/mol. The Kier molecular flexibility index (Phi) is 29.2. The maximum Gasteiger partial charge on any atom is 0.197 e. The summed E-state index contributed by atoms with van der Waals surface area (Å²) in [6.07, 6.45) is -0.538. The van der Waals surface area contributed by atoms with Crippen molar-refractivity contribution < 1.29 is 58.3 Å². The van der Waals surface area contributed by atoms with Crippen LogP contribution in [-0.4, -0.2) is 73.0 Å². The molecule has 0 bridgehead atoms. The van der Waals surface area contributed by atoms with Gasteiger partial charge in [0.2, 0.25) is 0 Å². The number of rotatable bonds is 16. The van der Waals surface area contributed by atoms with Crippen molar-refractivity contribution in [2.24, 2.45) is 0 Å². The number of phenols is 4. The van der Waals surface area contributed by atoms with E-state index in [1.807, 2.05) is 86.7 Å². The Morgan fingerprint density at radius 3 is 1.34 bits per heavy atom. The molecule has 0 heterocycles. The molecule has 4 aromatic carbocycles. The predicted octanol–water partition coefficient (Wildman–Crippen LogP) is 11.5. The van der Waals surface area contributed by atoms with Gasteiger partial charge in [-0.2, -0.15) is 0 Å². The third-order valence-corrected chi connectivity index (χ3v) is 11.4. The maximum atomic E-state index is 9.46. The van der Waals surface area contributed by atoms with E-state index in [9.17, 15) is 20.4 Å². The highest BCUT2D eigenvalue weighted by atomic mass is 127. The molecule has 312 valence electrons. The van der Waals surface area contributed by atoms with Crippen LogP contribution in [0.15, 0.2) is 60.7 Å². The van der Waals surface area contributed by atoms with Gasteiger partial charge in [0.05, 0.1) is 21.4 Å². The Morgan fingerprint density at radius 2 is 0.857 bits per heavy atom. The van der Waals surface area contributed by atoms with Gasteiger partial charge in [-0.3, -0.25) is 0 Å². The van der Waals surface area contributed by atoms with Crippen LogP contribution in [-0.2, 0) is 18.9 Å². The Bertz CT molecular complexity index is 1730. The molecule has 2 unspecified atom stereocenters. The monoisotopic (exact) mass is 1460 g/mol. The van der Waals surface area contributed by atoms with Crippen LogP contribution in [0.4, 0.5) is 0 Å². The number of phenolic OH excluding ortho intramolecular Hbond substituents is 4. The van der Waals surface area contributed by atoms with Gasteiger partial charge in [-0.1, -0.05) is 0 Å². The Hall–Kier alpha value is -0.500. The summed E-state index contributed by atoms with van der Waals surface area (Å²) >= 11 is 12.4. The second-order valence-corrected chi connectivity index (χ2v) is 17.5. The Balaban J connectivity index is 0.000000374. The van der Waals surface area contributed by atoms with Gasteiger partial charge in [0.15, 0.2) is 26.2 Å². The highest BCUT2D eigenvalue weighted by Gasteiger charge is 2.11. The zero-order chi connectivity index (χ0) is 42.2. The van der Waals surface area contributed by atoms with Crippen LogP contribution in [0.25, 0.3) is 0 Å². The first-order valence-corrected chi connectivity index (χ1v) is 23.3. The van der Waals surface area contributed by atoms with E-state index < -0.39 is 0 Å². The van der Waals surface area contributed by atoms with E-state index in [1.165, 1.54) is 0 Å². The van der Waals surface area contributed by atoms with Crippen molar-refractivity contribution in [1.29, 1.82) is 0 Å². The van der Waals surface area contributed by atoms with Crippen LogP contribution < -0.4 is 18.9 Å². The van der Waals surface area contributed by atoms with Crippen LogP contribution >= 0.6 is 136 Å². The van der Waals surface area contributed by atoms with Crippen LogP contribution in [0.3, 0.4) is 0 Å². The van der Waals surface area contributed by atoms with Gasteiger partial charge in [0.1, 0.15) is 46.0 Å². The second kappa shape index (κ2) is 30.5. The minimum absolute atomic E-state index is 0.243. The van der Waals surface area contributed by atoms with Gasteiger partial charge in [0.25, 0.3) is 0 Å². The molecule has 56 heavy (non-hydrogen) atoms. The normalized spacial score (nSPS) is 11.4. The van der Waals surface area contributed by atoms with Crippen LogP contribution in [0.1, 0.15) is 41.5 Å². The first-order valence-electron chi connectivity index (χ1n) is 16.9. The lowest BCUT2D eigenvalue weighted by Gasteiger charge is -2.16. The highest BCUT2D eigenvalue weighted by Crippen LogP contribution is 2.32. The van der Waals surface area contributed by atoms with Gasteiger partial charge >= 0.3 is 0 Å². The van der Waals surface area contributed by atoms with Gasteiger partial charge in [-0.25, -0.2) is 0 Å². The highest BCUT2D eigenvalue weighted by molar-refractivity contribution is 14.1. The number of halogens is 6. The Morgan fingerprint density at radius 1 is 0.446 bits per heavy atom. The van der Waals surface area contributed by atoms with Gasteiger partial charge < -0.3 is 58.3 Å². The quantitative estimate of drug-likeness (QED) is 0.0479. The largest absolute Gasteiger partial charge is 0.507 e. The van der Waals surface area contributed by atoms with Crippen molar-refractivity contribution in [3.63, 3.8) is 0 Å². The SMILES string of the molecule is CCOC(C)Oc1cc(I)c(O)cc1I.CCOC(C)Oc1ccc(O)c(I)c1.CCOCOc1cc(I)c(O)cc1I.CCOCOc1ccc(O)c(I)c1. The van der Waals surface area contributed by atoms with Crippen molar-refractivity contribution in [3.8, 4) is 46.0 Å². The smallest absolute Gasteiger partial charge is 0.197 e. The molecule has 0 saturated carbocycles. The van der Waals surface area contributed by atoms with Crippen molar-refractivity contribution in [2.45, 2.75) is 54.1 Å². The molecule has 0 spiro atoms. The molecule has 0 aliphatic carbocycles. The summed E-state index contributed by atoms with van der Waals surface area (Å²) in [6.45, 7) is 14.3. The number of ether oxygens (including phenoxy) is 8. The van der Waals surface area contributed by atoms with Gasteiger partial charge in [0, 0.05) is 26.4 Å². The topological polar surface area (TPSA) is 155 Å². The third kappa shape index (κ3) is 22.2. The lowest BCUT2D eigenvalue weighted by molar-refractivity contribution is -0.0620. The summed E-state index contributed by atoms with van der Waals surface area (Å²) in [5, 5.41) is 37.4. The first-order chi connectivity index (χ1) is 26.6. The van der Waals surface area contributed by atoms with E-state index in [0.29, 0.717) is 37.9 Å². The zero-order valence-electron chi connectivity index (χ0n) is 31.5.